The normalized spacial score (nSPS) is 17.6. The minimum atomic E-state index is -0.750. The van der Waals surface area contributed by atoms with Gasteiger partial charge in [0.25, 0.3) is 11.5 Å². The molecule has 4 aromatic rings. The fourth-order valence-electron chi connectivity index (χ4n) is 4.57. The van der Waals surface area contributed by atoms with Gasteiger partial charge in [-0.1, -0.05) is 51.8 Å². The molecule has 1 aliphatic heterocycles. The van der Waals surface area contributed by atoms with E-state index in [0.717, 1.165) is 20.2 Å². The van der Waals surface area contributed by atoms with Crippen LogP contribution in [0, 0.1) is 6.92 Å². The van der Waals surface area contributed by atoms with E-state index in [0.29, 0.717) is 27.6 Å². The van der Waals surface area contributed by atoms with Gasteiger partial charge >= 0.3 is 5.76 Å². The van der Waals surface area contributed by atoms with Crippen LogP contribution in [0.2, 0.25) is 5.02 Å². The molecule has 35 heavy (non-hydrogen) atoms. The van der Waals surface area contributed by atoms with Gasteiger partial charge in [-0.3, -0.25) is 4.79 Å². The Labute approximate surface area is 213 Å². The third kappa shape index (κ3) is 3.63. The van der Waals surface area contributed by atoms with Gasteiger partial charge < -0.3 is 13.9 Å². The SMILES string of the molecule is Cc1cc(OC2=CC3c4c(oc(=O)n(-c5ccc(Br)cc5)c4=O)-c4ccccc4C3O2)ccc1Cl. The average Bonchev–Trinajstić information content (AvgIpc) is 3.26. The summed E-state index contributed by atoms with van der Waals surface area (Å²) in [5.41, 5.74) is 2.65. The number of hydrogen-bond acceptors (Lipinski definition) is 5. The van der Waals surface area contributed by atoms with E-state index in [1.807, 2.05) is 37.3 Å². The van der Waals surface area contributed by atoms with Gasteiger partial charge in [0.15, 0.2) is 0 Å². The van der Waals surface area contributed by atoms with Crippen LogP contribution < -0.4 is 16.1 Å². The summed E-state index contributed by atoms with van der Waals surface area (Å²) in [7, 11) is 0. The summed E-state index contributed by atoms with van der Waals surface area (Å²) >= 11 is 9.51. The third-order valence-electron chi connectivity index (χ3n) is 6.21. The summed E-state index contributed by atoms with van der Waals surface area (Å²) in [6.07, 6.45) is 1.26. The van der Waals surface area contributed by atoms with E-state index in [9.17, 15) is 9.59 Å². The summed E-state index contributed by atoms with van der Waals surface area (Å²) in [5, 5.41) is 0.638. The molecule has 0 spiro atoms. The zero-order valence-electron chi connectivity index (χ0n) is 18.3. The maximum absolute atomic E-state index is 13.8. The zero-order chi connectivity index (χ0) is 24.3. The van der Waals surface area contributed by atoms with Crippen LogP contribution in [0.5, 0.6) is 5.75 Å². The molecule has 6 nitrogen and oxygen atoms in total. The first-order valence-electron chi connectivity index (χ1n) is 10.9. The van der Waals surface area contributed by atoms with Crippen molar-refractivity contribution in [3.05, 3.63) is 126 Å². The summed E-state index contributed by atoms with van der Waals surface area (Å²) in [6, 6.07) is 19.6. The van der Waals surface area contributed by atoms with Crippen LogP contribution in [0.4, 0.5) is 0 Å². The molecule has 1 aliphatic carbocycles. The molecule has 0 radical (unpaired) electrons. The van der Waals surface area contributed by atoms with Gasteiger partial charge in [0, 0.05) is 26.7 Å². The summed E-state index contributed by atoms with van der Waals surface area (Å²) < 4.78 is 19.8. The zero-order valence-corrected chi connectivity index (χ0v) is 20.7. The van der Waals surface area contributed by atoms with Crippen molar-refractivity contribution in [2.75, 3.05) is 0 Å². The summed E-state index contributed by atoms with van der Waals surface area (Å²) in [5.74, 6) is -0.154. The van der Waals surface area contributed by atoms with Crippen LogP contribution in [-0.4, -0.2) is 4.57 Å². The van der Waals surface area contributed by atoms with Crippen LogP contribution in [-0.2, 0) is 4.74 Å². The molecule has 2 heterocycles. The van der Waals surface area contributed by atoms with Crippen molar-refractivity contribution in [1.29, 1.82) is 0 Å². The Morgan fingerprint density at radius 1 is 1.03 bits per heavy atom. The van der Waals surface area contributed by atoms with Crippen molar-refractivity contribution < 1.29 is 13.9 Å². The Bertz CT molecular complexity index is 1640. The van der Waals surface area contributed by atoms with Gasteiger partial charge in [0.2, 0.25) is 0 Å². The molecule has 2 unspecified atom stereocenters. The summed E-state index contributed by atoms with van der Waals surface area (Å²) in [6.45, 7) is 1.89. The highest BCUT2D eigenvalue weighted by Gasteiger charge is 2.43. The van der Waals surface area contributed by atoms with Crippen molar-refractivity contribution in [1.82, 2.24) is 4.57 Å². The first-order valence-corrected chi connectivity index (χ1v) is 12.1. The number of halogens is 2. The molecular weight excluding hydrogens is 534 g/mol. The smallest absolute Gasteiger partial charge is 0.426 e. The number of hydrogen-bond donors (Lipinski definition) is 0. The fraction of sp³-hybridized carbons (Fsp3) is 0.111. The molecule has 0 fully saturated rings. The quantitative estimate of drug-likeness (QED) is 0.301. The Balaban J connectivity index is 1.51. The number of aromatic nitrogens is 1. The van der Waals surface area contributed by atoms with Crippen LogP contribution in [0.25, 0.3) is 17.0 Å². The van der Waals surface area contributed by atoms with E-state index in [1.165, 1.54) is 0 Å². The first kappa shape index (κ1) is 21.9. The largest absolute Gasteiger partial charge is 0.456 e. The second-order valence-corrected chi connectivity index (χ2v) is 9.70. The van der Waals surface area contributed by atoms with Crippen LogP contribution in [0.15, 0.2) is 97.2 Å². The molecule has 174 valence electrons. The molecule has 0 amide bonds. The number of benzene rings is 3. The topological polar surface area (TPSA) is 70.7 Å². The Morgan fingerprint density at radius 3 is 2.57 bits per heavy atom. The fourth-order valence-corrected chi connectivity index (χ4v) is 4.95. The minimum Gasteiger partial charge on any atom is -0.456 e. The Morgan fingerprint density at radius 2 is 1.80 bits per heavy atom. The maximum atomic E-state index is 13.8. The highest BCUT2D eigenvalue weighted by Crippen LogP contribution is 2.51. The van der Waals surface area contributed by atoms with Crippen molar-refractivity contribution in [2.45, 2.75) is 18.9 Å². The van der Waals surface area contributed by atoms with Crippen molar-refractivity contribution in [3.8, 4) is 22.8 Å². The highest BCUT2D eigenvalue weighted by atomic mass is 79.9. The van der Waals surface area contributed by atoms with E-state index in [1.54, 1.807) is 42.5 Å². The lowest BCUT2D eigenvalue weighted by molar-refractivity contribution is 0.0599. The van der Waals surface area contributed by atoms with Crippen LogP contribution >= 0.6 is 27.5 Å². The van der Waals surface area contributed by atoms with Crippen LogP contribution in [0.3, 0.4) is 0 Å². The number of nitrogens with zero attached hydrogens (tertiary/aromatic N) is 1. The van der Waals surface area contributed by atoms with E-state index in [-0.39, 0.29) is 11.7 Å². The van der Waals surface area contributed by atoms with E-state index in [4.69, 9.17) is 25.5 Å². The van der Waals surface area contributed by atoms with Gasteiger partial charge in [0.1, 0.15) is 17.6 Å². The average molecular weight is 551 g/mol. The minimum absolute atomic E-state index is 0.258. The van der Waals surface area contributed by atoms with Crippen LogP contribution in [0.1, 0.15) is 28.7 Å². The molecule has 3 aromatic carbocycles. The van der Waals surface area contributed by atoms with Gasteiger partial charge in [-0.05, 0) is 55.0 Å². The van der Waals surface area contributed by atoms with Gasteiger partial charge in [0.05, 0.1) is 17.2 Å². The highest BCUT2D eigenvalue weighted by molar-refractivity contribution is 9.10. The van der Waals surface area contributed by atoms with Gasteiger partial charge in [-0.25, -0.2) is 9.36 Å². The molecule has 0 N–H and O–H groups in total. The number of aryl methyl sites for hydroxylation is 1. The molecule has 0 saturated heterocycles. The standard InChI is InChI=1S/C27H17BrClNO5/c1-14-12-17(10-11-21(14)29)33-22-13-20-23-25(19-5-3-2-4-18(19)24(20)34-22)35-27(32)30(26(23)31)16-8-6-15(28)7-9-16/h2-13,20,24H,1H3. The third-order valence-corrected chi connectivity index (χ3v) is 7.17. The van der Waals surface area contributed by atoms with Crippen molar-refractivity contribution >= 4 is 27.5 Å². The molecular formula is C27H17BrClNO5. The van der Waals surface area contributed by atoms with E-state index < -0.39 is 23.3 Å². The Kier molecular flexibility index (Phi) is 5.20. The molecule has 8 heteroatoms. The summed E-state index contributed by atoms with van der Waals surface area (Å²) in [4.78, 5) is 26.7. The Hall–Kier alpha value is -3.55. The monoisotopic (exact) mass is 549 g/mol. The lowest BCUT2D eigenvalue weighted by atomic mass is 9.81. The molecule has 1 aromatic heterocycles. The lowest BCUT2D eigenvalue weighted by Crippen LogP contribution is -2.36. The molecule has 2 aliphatic rings. The van der Waals surface area contributed by atoms with E-state index >= 15 is 0 Å². The molecule has 2 atom stereocenters. The molecule has 6 rings (SSSR count). The number of fused-ring (bicyclic) bond motifs is 6. The second kappa shape index (κ2) is 8.29. The molecule has 0 saturated carbocycles. The van der Waals surface area contributed by atoms with Gasteiger partial charge in [-0.2, -0.15) is 0 Å². The van der Waals surface area contributed by atoms with E-state index in [2.05, 4.69) is 15.9 Å². The molecule has 0 bridgehead atoms. The first-order chi connectivity index (χ1) is 16.9. The number of rotatable bonds is 3. The maximum Gasteiger partial charge on any atom is 0.426 e. The lowest BCUT2D eigenvalue weighted by Gasteiger charge is -2.27. The van der Waals surface area contributed by atoms with Crippen molar-refractivity contribution in [3.63, 3.8) is 0 Å². The van der Waals surface area contributed by atoms with Gasteiger partial charge in [-0.15, -0.1) is 0 Å². The van der Waals surface area contributed by atoms with Crippen molar-refractivity contribution in [2.24, 2.45) is 0 Å². The predicted molar refractivity (Wildman–Crippen MR) is 135 cm³/mol. The second-order valence-electron chi connectivity index (χ2n) is 8.38. The number of ether oxygens (including phenoxy) is 2. The predicted octanol–water partition coefficient (Wildman–Crippen LogP) is 6.27.